The highest BCUT2D eigenvalue weighted by Crippen LogP contribution is 2.22. The molecule has 4 nitrogen and oxygen atoms in total. The zero-order chi connectivity index (χ0) is 12.7. The summed E-state index contributed by atoms with van der Waals surface area (Å²) in [5.74, 6) is 0.138. The molecule has 0 radical (unpaired) electrons. The van der Waals surface area contributed by atoms with Crippen molar-refractivity contribution in [3.63, 3.8) is 0 Å². The molecule has 0 aliphatic heterocycles. The number of amides is 1. The third-order valence-corrected chi connectivity index (χ3v) is 2.57. The molecule has 0 aliphatic carbocycles. The topological polar surface area (TPSA) is 61.6 Å². The molecule has 0 saturated heterocycles. The molecule has 0 atom stereocenters. The van der Waals surface area contributed by atoms with E-state index in [1.807, 2.05) is 0 Å². The first-order chi connectivity index (χ1) is 8.13. The summed E-state index contributed by atoms with van der Waals surface area (Å²) in [6.45, 7) is 0.519. The minimum atomic E-state index is -0.808. The molecule has 1 aromatic carbocycles. The van der Waals surface area contributed by atoms with Crippen LogP contribution >= 0.6 is 15.9 Å². The van der Waals surface area contributed by atoms with Gasteiger partial charge in [0.2, 0.25) is 0 Å². The van der Waals surface area contributed by atoms with Gasteiger partial charge in [-0.2, -0.15) is 0 Å². The van der Waals surface area contributed by atoms with Crippen molar-refractivity contribution >= 4 is 22.0 Å². The van der Waals surface area contributed by atoms with Gasteiger partial charge in [-0.25, -0.2) is 9.18 Å². The number of hydrogen-bond acceptors (Lipinski definition) is 3. The molecule has 1 rings (SSSR count). The van der Waals surface area contributed by atoms with Crippen molar-refractivity contribution in [1.29, 1.82) is 0 Å². The van der Waals surface area contributed by atoms with Crippen LogP contribution in [0.1, 0.15) is 12.0 Å². The summed E-state index contributed by atoms with van der Waals surface area (Å²) in [6.07, 6.45) is -0.307. The fraction of sp³-hybridized carbons (Fsp3) is 0.364. The number of carbonyl (C=O) groups excluding carboxylic acids is 1. The zero-order valence-electron chi connectivity index (χ0n) is 9.12. The van der Waals surface area contributed by atoms with Gasteiger partial charge in [-0.05, 0) is 6.07 Å². The Kier molecular flexibility index (Phi) is 5.76. The van der Waals surface area contributed by atoms with Crippen LogP contribution in [0.25, 0.3) is 0 Å². The molecule has 0 aromatic heterocycles. The van der Waals surface area contributed by atoms with Crippen LogP contribution < -0.4 is 10.5 Å². The molecule has 0 saturated carbocycles. The van der Waals surface area contributed by atoms with Gasteiger partial charge in [-0.15, -0.1) is 0 Å². The van der Waals surface area contributed by atoms with E-state index in [2.05, 4.69) is 20.7 Å². The van der Waals surface area contributed by atoms with Gasteiger partial charge in [0, 0.05) is 23.4 Å². The highest BCUT2D eigenvalue weighted by Gasteiger charge is 2.04. The van der Waals surface area contributed by atoms with E-state index in [9.17, 15) is 9.18 Å². The largest absolute Gasteiger partial charge is 0.493 e. The predicted octanol–water partition coefficient (Wildman–Crippen LogP) is 2.58. The summed E-state index contributed by atoms with van der Waals surface area (Å²) in [5, 5.41) is 0.584. The minimum absolute atomic E-state index is 0.189. The molecule has 94 valence electrons. The summed E-state index contributed by atoms with van der Waals surface area (Å²) >= 11 is 3.29. The molecule has 0 heterocycles. The lowest BCUT2D eigenvalue weighted by Gasteiger charge is -2.09. The normalized spacial score (nSPS) is 10.0. The second-order valence-electron chi connectivity index (χ2n) is 3.26. The van der Waals surface area contributed by atoms with E-state index >= 15 is 0 Å². The molecule has 0 fully saturated rings. The zero-order valence-corrected chi connectivity index (χ0v) is 10.7. The van der Waals surface area contributed by atoms with Crippen molar-refractivity contribution < 1.29 is 18.7 Å². The van der Waals surface area contributed by atoms with E-state index in [-0.39, 0.29) is 12.4 Å². The summed E-state index contributed by atoms with van der Waals surface area (Å²) in [7, 11) is 0. The number of primary amides is 1. The molecular weight excluding hydrogens is 293 g/mol. The monoisotopic (exact) mass is 305 g/mol. The van der Waals surface area contributed by atoms with E-state index in [1.54, 1.807) is 6.07 Å². The van der Waals surface area contributed by atoms with Crippen LogP contribution in [-0.2, 0) is 10.1 Å². The lowest BCUT2D eigenvalue weighted by Crippen LogP contribution is -2.15. The van der Waals surface area contributed by atoms with Gasteiger partial charge in [-0.3, -0.25) is 0 Å². The van der Waals surface area contributed by atoms with Crippen LogP contribution in [0, 0.1) is 5.82 Å². The number of carbonyl (C=O) groups is 1. The highest BCUT2D eigenvalue weighted by atomic mass is 79.9. The first kappa shape index (κ1) is 13.8. The van der Waals surface area contributed by atoms with Gasteiger partial charge in [-0.1, -0.05) is 22.0 Å². The van der Waals surface area contributed by atoms with Gasteiger partial charge in [0.05, 0.1) is 13.2 Å². The maximum atomic E-state index is 13.0. The van der Waals surface area contributed by atoms with Crippen molar-refractivity contribution in [1.82, 2.24) is 0 Å². The van der Waals surface area contributed by atoms with Crippen molar-refractivity contribution in [3.8, 4) is 5.75 Å². The Balaban J connectivity index is 2.40. The molecule has 0 unspecified atom stereocenters. The summed E-state index contributed by atoms with van der Waals surface area (Å²) < 4.78 is 22.9. The number of rotatable bonds is 6. The quantitative estimate of drug-likeness (QED) is 0.649. The van der Waals surface area contributed by atoms with Crippen molar-refractivity contribution in [2.75, 3.05) is 13.2 Å². The van der Waals surface area contributed by atoms with Crippen molar-refractivity contribution in [2.45, 2.75) is 11.8 Å². The smallest absolute Gasteiger partial charge is 0.404 e. The standard InChI is InChI=1S/C11H13BrFNO3/c12-7-8-2-3-9(13)6-10(8)16-4-1-5-17-11(14)15/h2-3,6H,1,4-5,7H2,(H2,14,15). The molecule has 17 heavy (non-hydrogen) atoms. The Bertz CT molecular complexity index is 387. The van der Waals surface area contributed by atoms with Crippen molar-refractivity contribution in [3.05, 3.63) is 29.6 Å². The van der Waals surface area contributed by atoms with Crippen LogP contribution in [0.5, 0.6) is 5.75 Å². The maximum Gasteiger partial charge on any atom is 0.404 e. The molecule has 2 N–H and O–H groups in total. The van der Waals surface area contributed by atoms with Crippen LogP contribution in [0.15, 0.2) is 18.2 Å². The lowest BCUT2D eigenvalue weighted by molar-refractivity contribution is 0.147. The van der Waals surface area contributed by atoms with Crippen molar-refractivity contribution in [2.24, 2.45) is 5.73 Å². The Hall–Kier alpha value is -1.30. The molecule has 0 bridgehead atoms. The third kappa shape index (κ3) is 5.04. The number of ether oxygens (including phenoxy) is 2. The van der Waals surface area contributed by atoms with E-state index in [4.69, 9.17) is 10.5 Å². The third-order valence-electron chi connectivity index (χ3n) is 1.96. The SMILES string of the molecule is NC(=O)OCCCOc1cc(F)ccc1CBr. The van der Waals surface area contributed by atoms with Gasteiger partial charge >= 0.3 is 6.09 Å². The summed E-state index contributed by atoms with van der Waals surface area (Å²) in [5.41, 5.74) is 5.66. The van der Waals surface area contributed by atoms with Crippen LogP contribution in [-0.4, -0.2) is 19.3 Å². The second kappa shape index (κ2) is 7.11. The lowest BCUT2D eigenvalue weighted by atomic mass is 10.2. The van der Waals surface area contributed by atoms with Crippen LogP contribution in [0.3, 0.4) is 0 Å². The molecular formula is C11H13BrFNO3. The average molecular weight is 306 g/mol. The average Bonchev–Trinajstić information content (AvgIpc) is 2.28. The first-order valence-electron chi connectivity index (χ1n) is 5.03. The van der Waals surface area contributed by atoms with Gasteiger partial charge < -0.3 is 15.2 Å². The Morgan fingerprint density at radius 3 is 2.82 bits per heavy atom. The van der Waals surface area contributed by atoms with E-state index in [0.29, 0.717) is 24.1 Å². The first-order valence-corrected chi connectivity index (χ1v) is 6.15. The fourth-order valence-electron chi connectivity index (χ4n) is 1.19. The van der Waals surface area contributed by atoms with Crippen LogP contribution in [0.4, 0.5) is 9.18 Å². The van der Waals surface area contributed by atoms with E-state index < -0.39 is 6.09 Å². The number of halogens is 2. The maximum absolute atomic E-state index is 13.0. The minimum Gasteiger partial charge on any atom is -0.493 e. The number of alkyl halides is 1. The predicted molar refractivity (Wildman–Crippen MR) is 64.7 cm³/mol. The number of benzene rings is 1. The molecule has 0 spiro atoms. The summed E-state index contributed by atoms with van der Waals surface area (Å²) in [6, 6.07) is 4.35. The summed E-state index contributed by atoms with van der Waals surface area (Å²) in [4.78, 5) is 10.3. The molecule has 6 heteroatoms. The number of nitrogens with two attached hydrogens (primary N) is 1. The molecule has 0 aliphatic rings. The van der Waals surface area contributed by atoms with E-state index in [1.165, 1.54) is 12.1 Å². The van der Waals surface area contributed by atoms with Crippen LogP contribution in [0.2, 0.25) is 0 Å². The van der Waals surface area contributed by atoms with E-state index in [0.717, 1.165) is 5.56 Å². The second-order valence-corrected chi connectivity index (χ2v) is 3.82. The Morgan fingerprint density at radius 2 is 2.18 bits per heavy atom. The van der Waals surface area contributed by atoms with Gasteiger partial charge in [0.1, 0.15) is 11.6 Å². The number of hydrogen-bond donors (Lipinski definition) is 1. The van der Waals surface area contributed by atoms with Gasteiger partial charge in [0.15, 0.2) is 0 Å². The Morgan fingerprint density at radius 1 is 1.41 bits per heavy atom. The molecule has 1 amide bonds. The van der Waals surface area contributed by atoms with Gasteiger partial charge in [0.25, 0.3) is 0 Å². The highest BCUT2D eigenvalue weighted by molar-refractivity contribution is 9.08. The fourth-order valence-corrected chi connectivity index (χ4v) is 1.65. The Labute approximate surface area is 107 Å². The molecule has 1 aromatic rings.